The number of benzene rings is 1. The Morgan fingerprint density at radius 1 is 1.10 bits per heavy atom. The van der Waals surface area contributed by atoms with Gasteiger partial charge in [-0.2, -0.15) is 0 Å². The number of halogens is 1. The Labute approximate surface area is 124 Å². The van der Waals surface area contributed by atoms with Gasteiger partial charge in [0, 0.05) is 18.4 Å². The number of carbonyl (C=O) groups is 2. The van der Waals surface area contributed by atoms with Gasteiger partial charge in [0.1, 0.15) is 12.4 Å². The monoisotopic (exact) mass is 296 g/mol. The van der Waals surface area contributed by atoms with Crippen LogP contribution < -0.4 is 0 Å². The van der Waals surface area contributed by atoms with Crippen LogP contribution in [0.3, 0.4) is 0 Å². The van der Waals surface area contributed by atoms with E-state index in [1.54, 1.807) is 0 Å². The molecular formula is C16H21FO4. The molecule has 0 aromatic heterocycles. The summed E-state index contributed by atoms with van der Waals surface area (Å²) in [5.74, 6) is -0.820. The molecule has 21 heavy (non-hydrogen) atoms. The normalized spacial score (nSPS) is 10.7. The summed E-state index contributed by atoms with van der Waals surface area (Å²) in [6.07, 6.45) is 0.954. The van der Waals surface area contributed by atoms with E-state index in [9.17, 15) is 14.0 Å². The van der Waals surface area contributed by atoms with E-state index in [0.29, 0.717) is 18.6 Å². The molecule has 1 rings (SSSR count). The van der Waals surface area contributed by atoms with E-state index < -0.39 is 0 Å². The van der Waals surface area contributed by atoms with Crippen molar-refractivity contribution >= 4 is 11.8 Å². The predicted octanol–water partition coefficient (Wildman–Crippen LogP) is 3.15. The van der Waals surface area contributed by atoms with Crippen LogP contribution in [0.1, 0.15) is 43.5 Å². The molecule has 1 aromatic carbocycles. The number of carbonyl (C=O) groups excluding carboxylic acids is 2. The molecule has 0 aliphatic rings. The molecule has 0 radical (unpaired) electrons. The van der Waals surface area contributed by atoms with E-state index in [0.717, 1.165) is 0 Å². The van der Waals surface area contributed by atoms with Gasteiger partial charge in [0.2, 0.25) is 0 Å². The highest BCUT2D eigenvalue weighted by atomic mass is 19.1. The standard InChI is InChI=1S/C16H21FO4/c1-12(2)20-10-11-21-16(19)5-3-4-15(18)13-6-8-14(17)9-7-13/h6-9,12H,3-5,10-11H2,1-2H3. The zero-order valence-electron chi connectivity index (χ0n) is 12.4. The molecule has 0 saturated carbocycles. The average Bonchev–Trinajstić information content (AvgIpc) is 2.44. The summed E-state index contributed by atoms with van der Waals surface area (Å²) >= 11 is 0. The third-order valence-corrected chi connectivity index (χ3v) is 2.75. The van der Waals surface area contributed by atoms with E-state index in [1.807, 2.05) is 13.8 Å². The van der Waals surface area contributed by atoms with Crippen LogP contribution in [-0.4, -0.2) is 31.1 Å². The van der Waals surface area contributed by atoms with Crippen molar-refractivity contribution in [2.45, 2.75) is 39.2 Å². The Morgan fingerprint density at radius 2 is 1.76 bits per heavy atom. The molecule has 0 aliphatic carbocycles. The molecule has 0 bridgehead atoms. The Kier molecular flexibility index (Phi) is 7.61. The Bertz CT molecular complexity index is 454. The van der Waals surface area contributed by atoms with Crippen molar-refractivity contribution in [2.24, 2.45) is 0 Å². The van der Waals surface area contributed by atoms with Crippen LogP contribution in [-0.2, 0) is 14.3 Å². The summed E-state index contributed by atoms with van der Waals surface area (Å²) in [6.45, 7) is 4.41. The van der Waals surface area contributed by atoms with Gasteiger partial charge < -0.3 is 9.47 Å². The van der Waals surface area contributed by atoms with Gasteiger partial charge in [0.15, 0.2) is 5.78 Å². The lowest BCUT2D eigenvalue weighted by Crippen LogP contribution is -2.13. The lowest BCUT2D eigenvalue weighted by molar-refractivity contribution is -0.145. The second-order valence-corrected chi connectivity index (χ2v) is 4.92. The van der Waals surface area contributed by atoms with Crippen molar-refractivity contribution in [3.63, 3.8) is 0 Å². The van der Waals surface area contributed by atoms with Crippen LogP contribution in [0.2, 0.25) is 0 Å². The summed E-state index contributed by atoms with van der Waals surface area (Å²) in [5, 5.41) is 0. The van der Waals surface area contributed by atoms with Crippen LogP contribution in [0.4, 0.5) is 4.39 Å². The summed E-state index contributed by atoms with van der Waals surface area (Å²) < 4.78 is 22.9. The van der Waals surface area contributed by atoms with Crippen LogP contribution in [0.25, 0.3) is 0 Å². The fourth-order valence-corrected chi connectivity index (χ4v) is 1.68. The van der Waals surface area contributed by atoms with Gasteiger partial charge in [0.05, 0.1) is 12.7 Å². The first-order chi connectivity index (χ1) is 9.99. The quantitative estimate of drug-likeness (QED) is 0.399. The Hall–Kier alpha value is -1.75. The van der Waals surface area contributed by atoms with Crippen LogP contribution in [0, 0.1) is 5.82 Å². The molecule has 0 fully saturated rings. The van der Waals surface area contributed by atoms with E-state index >= 15 is 0 Å². The zero-order valence-corrected chi connectivity index (χ0v) is 12.4. The highest BCUT2D eigenvalue weighted by molar-refractivity contribution is 5.96. The second kappa shape index (κ2) is 9.23. The molecule has 0 aliphatic heterocycles. The predicted molar refractivity (Wildman–Crippen MR) is 76.6 cm³/mol. The topological polar surface area (TPSA) is 52.6 Å². The Morgan fingerprint density at radius 3 is 2.38 bits per heavy atom. The van der Waals surface area contributed by atoms with Crippen molar-refractivity contribution in [1.29, 1.82) is 0 Å². The molecule has 116 valence electrons. The zero-order chi connectivity index (χ0) is 15.7. The van der Waals surface area contributed by atoms with E-state index in [4.69, 9.17) is 9.47 Å². The lowest BCUT2D eigenvalue weighted by Gasteiger charge is -2.08. The molecule has 0 N–H and O–H groups in total. The highest BCUT2D eigenvalue weighted by Gasteiger charge is 2.08. The molecule has 0 heterocycles. The lowest BCUT2D eigenvalue weighted by atomic mass is 10.1. The molecule has 0 unspecified atom stereocenters. The summed E-state index contributed by atoms with van der Waals surface area (Å²) in [5.41, 5.74) is 0.454. The van der Waals surface area contributed by atoms with Gasteiger partial charge in [0.25, 0.3) is 0 Å². The number of rotatable bonds is 9. The van der Waals surface area contributed by atoms with Crippen molar-refractivity contribution in [3.8, 4) is 0 Å². The number of hydrogen-bond acceptors (Lipinski definition) is 4. The van der Waals surface area contributed by atoms with Gasteiger partial charge in [-0.3, -0.25) is 9.59 Å². The minimum atomic E-state index is -0.376. The van der Waals surface area contributed by atoms with Crippen LogP contribution in [0.5, 0.6) is 0 Å². The minimum Gasteiger partial charge on any atom is -0.463 e. The third kappa shape index (κ3) is 7.56. The Balaban J connectivity index is 2.16. The smallest absolute Gasteiger partial charge is 0.305 e. The highest BCUT2D eigenvalue weighted by Crippen LogP contribution is 2.09. The van der Waals surface area contributed by atoms with Gasteiger partial charge in [-0.25, -0.2) is 4.39 Å². The molecule has 1 aromatic rings. The number of hydrogen-bond donors (Lipinski definition) is 0. The van der Waals surface area contributed by atoms with E-state index in [1.165, 1.54) is 24.3 Å². The molecule has 0 saturated heterocycles. The first-order valence-electron chi connectivity index (χ1n) is 7.05. The van der Waals surface area contributed by atoms with Gasteiger partial charge >= 0.3 is 5.97 Å². The molecular weight excluding hydrogens is 275 g/mol. The number of ether oxygens (including phenoxy) is 2. The van der Waals surface area contributed by atoms with Gasteiger partial charge in [-0.15, -0.1) is 0 Å². The number of ketones is 1. The maximum atomic E-state index is 12.7. The van der Waals surface area contributed by atoms with Crippen molar-refractivity contribution in [3.05, 3.63) is 35.6 Å². The van der Waals surface area contributed by atoms with E-state index in [-0.39, 0.29) is 43.1 Å². The molecule has 4 nitrogen and oxygen atoms in total. The van der Waals surface area contributed by atoms with Crippen molar-refractivity contribution in [1.82, 2.24) is 0 Å². The first kappa shape index (κ1) is 17.3. The fraction of sp³-hybridized carbons (Fsp3) is 0.500. The minimum absolute atomic E-state index is 0.106. The second-order valence-electron chi connectivity index (χ2n) is 4.92. The van der Waals surface area contributed by atoms with Gasteiger partial charge in [-0.05, 0) is 44.5 Å². The molecule has 0 spiro atoms. The summed E-state index contributed by atoms with van der Waals surface area (Å²) in [6, 6.07) is 5.38. The van der Waals surface area contributed by atoms with Gasteiger partial charge in [-0.1, -0.05) is 0 Å². The largest absolute Gasteiger partial charge is 0.463 e. The SMILES string of the molecule is CC(C)OCCOC(=O)CCCC(=O)c1ccc(F)cc1. The molecule has 5 heteroatoms. The molecule has 0 amide bonds. The number of esters is 1. The first-order valence-corrected chi connectivity index (χ1v) is 7.05. The summed E-state index contributed by atoms with van der Waals surface area (Å²) in [4.78, 5) is 23.2. The van der Waals surface area contributed by atoms with Crippen molar-refractivity contribution < 1.29 is 23.5 Å². The summed E-state index contributed by atoms with van der Waals surface area (Å²) in [7, 11) is 0. The van der Waals surface area contributed by atoms with E-state index in [2.05, 4.69) is 0 Å². The average molecular weight is 296 g/mol. The fourth-order valence-electron chi connectivity index (χ4n) is 1.68. The van der Waals surface area contributed by atoms with Crippen LogP contribution >= 0.6 is 0 Å². The molecule has 0 atom stereocenters. The maximum absolute atomic E-state index is 12.7. The number of Topliss-reactive ketones (excluding diaryl/α,β-unsaturated/α-hetero) is 1. The van der Waals surface area contributed by atoms with Crippen LogP contribution in [0.15, 0.2) is 24.3 Å². The maximum Gasteiger partial charge on any atom is 0.305 e. The van der Waals surface area contributed by atoms with Crippen molar-refractivity contribution in [2.75, 3.05) is 13.2 Å². The third-order valence-electron chi connectivity index (χ3n) is 2.75.